The highest BCUT2D eigenvalue weighted by molar-refractivity contribution is 5.07. The van der Waals surface area contributed by atoms with Crippen LogP contribution in [0.15, 0.2) is 0 Å². The zero-order chi connectivity index (χ0) is 11.6. The molecule has 1 aliphatic carbocycles. The van der Waals surface area contributed by atoms with Gasteiger partial charge in [-0.2, -0.15) is 13.2 Å². The zero-order valence-electron chi connectivity index (χ0n) is 9.07. The van der Waals surface area contributed by atoms with Gasteiger partial charge in [0, 0.05) is 12.6 Å². The molecule has 1 aliphatic heterocycles. The molecule has 0 aromatic heterocycles. The third-order valence-corrected chi connectivity index (χ3v) is 3.25. The monoisotopic (exact) mass is 238 g/mol. The smallest absolute Gasteiger partial charge is 0.379 e. The fourth-order valence-corrected chi connectivity index (χ4v) is 1.98. The Balaban J connectivity index is 1.68. The Hall–Kier alpha value is -0.330. The number of morpholine rings is 1. The number of hydrogen-bond donors (Lipinski definition) is 2. The third-order valence-electron chi connectivity index (χ3n) is 3.25. The summed E-state index contributed by atoms with van der Waals surface area (Å²) < 4.78 is 42.9. The number of ether oxygens (including phenoxy) is 1. The van der Waals surface area contributed by atoms with Crippen LogP contribution in [-0.4, -0.2) is 44.1 Å². The Morgan fingerprint density at radius 2 is 2.12 bits per heavy atom. The van der Waals surface area contributed by atoms with Crippen LogP contribution in [0.1, 0.15) is 19.3 Å². The second-order valence-corrected chi connectivity index (χ2v) is 4.52. The molecular weight excluding hydrogens is 221 g/mol. The van der Waals surface area contributed by atoms with Crippen molar-refractivity contribution < 1.29 is 17.9 Å². The second kappa shape index (κ2) is 4.50. The minimum absolute atomic E-state index is 0.185. The third kappa shape index (κ3) is 2.67. The van der Waals surface area contributed by atoms with Crippen LogP contribution in [0.3, 0.4) is 0 Å². The van der Waals surface area contributed by atoms with Crippen molar-refractivity contribution in [3.63, 3.8) is 0 Å². The molecule has 2 rings (SSSR count). The fraction of sp³-hybridized carbons (Fsp3) is 1.00. The van der Waals surface area contributed by atoms with Gasteiger partial charge in [0.2, 0.25) is 0 Å². The normalized spacial score (nSPS) is 29.1. The molecule has 1 saturated heterocycles. The minimum Gasteiger partial charge on any atom is -0.379 e. The lowest BCUT2D eigenvalue weighted by molar-refractivity contribution is -0.165. The van der Waals surface area contributed by atoms with Crippen molar-refractivity contribution in [3.05, 3.63) is 0 Å². The highest BCUT2D eigenvalue weighted by Gasteiger charge is 2.62. The predicted molar refractivity (Wildman–Crippen MR) is 53.2 cm³/mol. The maximum atomic E-state index is 12.6. The summed E-state index contributed by atoms with van der Waals surface area (Å²) in [6.07, 6.45) is -3.00. The first kappa shape index (κ1) is 12.1. The molecule has 94 valence electrons. The molecule has 0 amide bonds. The van der Waals surface area contributed by atoms with Crippen molar-refractivity contribution in [1.82, 2.24) is 10.6 Å². The summed E-state index contributed by atoms with van der Waals surface area (Å²) in [5.74, 6) is 0. The molecule has 3 nitrogen and oxygen atoms in total. The van der Waals surface area contributed by atoms with Gasteiger partial charge >= 0.3 is 6.18 Å². The topological polar surface area (TPSA) is 33.3 Å². The van der Waals surface area contributed by atoms with E-state index >= 15 is 0 Å². The summed E-state index contributed by atoms with van der Waals surface area (Å²) in [5, 5.41) is 5.86. The molecule has 1 atom stereocenters. The van der Waals surface area contributed by atoms with Gasteiger partial charge in [0.1, 0.15) is 5.54 Å². The molecule has 2 aliphatic rings. The lowest BCUT2D eigenvalue weighted by atomic mass is 10.2. The van der Waals surface area contributed by atoms with Crippen molar-refractivity contribution in [2.24, 2.45) is 0 Å². The average molecular weight is 238 g/mol. The molecule has 0 aromatic rings. The summed E-state index contributed by atoms with van der Waals surface area (Å²) in [5.41, 5.74) is -1.58. The Kier molecular flexibility index (Phi) is 3.42. The summed E-state index contributed by atoms with van der Waals surface area (Å²) in [4.78, 5) is 0. The number of halogens is 3. The lowest BCUT2D eigenvalue weighted by Crippen LogP contribution is -2.48. The van der Waals surface area contributed by atoms with Crippen LogP contribution >= 0.6 is 0 Å². The Morgan fingerprint density at radius 1 is 1.38 bits per heavy atom. The summed E-state index contributed by atoms with van der Waals surface area (Å²) in [7, 11) is 0. The van der Waals surface area contributed by atoms with E-state index in [0.717, 1.165) is 6.54 Å². The predicted octanol–water partition coefficient (Wildman–Crippen LogP) is 1.05. The molecule has 0 radical (unpaired) electrons. The van der Waals surface area contributed by atoms with E-state index in [0.29, 0.717) is 26.2 Å². The SMILES string of the molecule is FC(F)(F)C1(NCCC2COCCN2)CC1. The van der Waals surface area contributed by atoms with Crippen molar-refractivity contribution in [2.45, 2.75) is 37.0 Å². The van der Waals surface area contributed by atoms with Crippen LogP contribution < -0.4 is 10.6 Å². The van der Waals surface area contributed by atoms with Crippen LogP contribution in [0, 0.1) is 0 Å². The van der Waals surface area contributed by atoms with Crippen molar-refractivity contribution >= 4 is 0 Å². The van der Waals surface area contributed by atoms with Crippen LogP contribution in [0.25, 0.3) is 0 Å². The van der Waals surface area contributed by atoms with Gasteiger partial charge in [-0.25, -0.2) is 0 Å². The molecule has 1 heterocycles. The molecule has 6 heteroatoms. The van der Waals surface area contributed by atoms with Crippen molar-refractivity contribution in [3.8, 4) is 0 Å². The molecule has 1 saturated carbocycles. The minimum atomic E-state index is -4.11. The van der Waals surface area contributed by atoms with E-state index in [9.17, 15) is 13.2 Å². The van der Waals surface area contributed by atoms with Crippen LogP contribution in [0.2, 0.25) is 0 Å². The van der Waals surface area contributed by atoms with Crippen molar-refractivity contribution in [2.75, 3.05) is 26.3 Å². The number of rotatable bonds is 4. The summed E-state index contributed by atoms with van der Waals surface area (Å²) in [6, 6.07) is 0.185. The van der Waals surface area contributed by atoms with Gasteiger partial charge in [-0.05, 0) is 25.8 Å². The van der Waals surface area contributed by atoms with Gasteiger partial charge in [0.15, 0.2) is 0 Å². The van der Waals surface area contributed by atoms with E-state index in [1.807, 2.05) is 0 Å². The Labute approximate surface area is 92.7 Å². The lowest BCUT2D eigenvalue weighted by Gasteiger charge is -2.26. The van der Waals surface area contributed by atoms with Gasteiger partial charge in [-0.1, -0.05) is 0 Å². The molecule has 0 aromatic carbocycles. The Bertz CT molecular complexity index is 235. The molecule has 2 fully saturated rings. The van der Waals surface area contributed by atoms with Crippen molar-refractivity contribution in [1.29, 1.82) is 0 Å². The van der Waals surface area contributed by atoms with Crippen LogP contribution in [0.4, 0.5) is 13.2 Å². The first-order valence-electron chi connectivity index (χ1n) is 5.66. The average Bonchev–Trinajstić information content (AvgIpc) is 3.00. The number of alkyl halides is 3. The first-order chi connectivity index (χ1) is 7.54. The van der Waals surface area contributed by atoms with Crippen LogP contribution in [-0.2, 0) is 4.74 Å². The summed E-state index contributed by atoms with van der Waals surface area (Å²) in [6.45, 7) is 2.47. The number of hydrogen-bond acceptors (Lipinski definition) is 3. The van der Waals surface area contributed by atoms with Gasteiger partial charge in [0.05, 0.1) is 13.2 Å². The molecule has 2 N–H and O–H groups in total. The van der Waals surface area contributed by atoms with Gasteiger partial charge in [-0.15, -0.1) is 0 Å². The molecule has 1 unspecified atom stereocenters. The standard InChI is InChI=1S/C10H17F3N2O/c11-10(12,13)9(2-3-9)15-4-1-8-7-16-6-5-14-8/h8,14-15H,1-7H2. The van der Waals surface area contributed by atoms with Gasteiger partial charge in [-0.3, -0.25) is 0 Å². The largest absolute Gasteiger partial charge is 0.406 e. The van der Waals surface area contributed by atoms with E-state index < -0.39 is 11.7 Å². The quantitative estimate of drug-likeness (QED) is 0.768. The van der Waals surface area contributed by atoms with E-state index in [1.165, 1.54) is 0 Å². The van der Waals surface area contributed by atoms with E-state index in [-0.39, 0.29) is 18.9 Å². The Morgan fingerprint density at radius 3 is 2.62 bits per heavy atom. The maximum absolute atomic E-state index is 12.6. The summed E-state index contributed by atoms with van der Waals surface area (Å²) >= 11 is 0. The highest BCUT2D eigenvalue weighted by Crippen LogP contribution is 2.48. The van der Waals surface area contributed by atoms with E-state index in [1.54, 1.807) is 0 Å². The van der Waals surface area contributed by atoms with Gasteiger partial charge in [0.25, 0.3) is 0 Å². The molecule has 16 heavy (non-hydrogen) atoms. The van der Waals surface area contributed by atoms with Gasteiger partial charge < -0.3 is 15.4 Å². The van der Waals surface area contributed by atoms with E-state index in [2.05, 4.69) is 10.6 Å². The molecule has 0 spiro atoms. The van der Waals surface area contributed by atoms with Crippen LogP contribution in [0.5, 0.6) is 0 Å². The number of nitrogens with one attached hydrogen (secondary N) is 2. The molecular formula is C10H17F3N2O. The fourth-order valence-electron chi connectivity index (χ4n) is 1.98. The van der Waals surface area contributed by atoms with E-state index in [4.69, 9.17) is 4.74 Å². The highest BCUT2D eigenvalue weighted by atomic mass is 19.4. The first-order valence-corrected chi connectivity index (χ1v) is 5.66. The second-order valence-electron chi connectivity index (χ2n) is 4.52. The molecule has 0 bridgehead atoms. The zero-order valence-corrected chi connectivity index (χ0v) is 9.07. The maximum Gasteiger partial charge on any atom is 0.406 e.